The highest BCUT2D eigenvalue weighted by Crippen LogP contribution is 2.43. The van der Waals surface area contributed by atoms with Crippen LogP contribution >= 0.6 is 0 Å². The van der Waals surface area contributed by atoms with E-state index in [-0.39, 0.29) is 42.2 Å². The summed E-state index contributed by atoms with van der Waals surface area (Å²) in [5.41, 5.74) is 10.2. The molecule has 65 heavy (non-hydrogen) atoms. The van der Waals surface area contributed by atoms with Gasteiger partial charge in [-0.25, -0.2) is 10.4 Å². The number of fused-ring (bicyclic) bond motifs is 6. The van der Waals surface area contributed by atoms with E-state index in [1.807, 2.05) is 31.8 Å². The predicted octanol–water partition coefficient (Wildman–Crippen LogP) is 6.75. The van der Waals surface area contributed by atoms with E-state index in [0.29, 0.717) is 58.5 Å². The standard InChI is InChI=1S/C51H68N6O8/c1-9-57-42-15-14-34-26-39(42)40(46(57)38-12-10-19-52-44(38)32(4)62-8)27-50(5,6)29-64-49(61)41-13-11-20-56(54-41)28-36(23-33-22-35(34)25-37(58)24-33)53-47(59)45(31(2)3)55(7)48(60)43-16-17-51(65-43)18-21-63-30-51/h10,12,14-15,19,22,24-26,31-32,36,41,43,45,54,58H,9,11,13,16-18,20-21,23,27-30H2,1-8H3,(H,53,59)/t32-,36-,41-,43?,45-,51?/m0/s1. The summed E-state index contributed by atoms with van der Waals surface area (Å²) in [6.07, 6.45) is 5.36. The minimum Gasteiger partial charge on any atom is -0.508 e. The van der Waals surface area contributed by atoms with Crippen molar-refractivity contribution in [1.29, 1.82) is 0 Å². The summed E-state index contributed by atoms with van der Waals surface area (Å²) in [5, 5.41) is 17.8. The summed E-state index contributed by atoms with van der Waals surface area (Å²) in [6, 6.07) is 14.3. The van der Waals surface area contributed by atoms with Gasteiger partial charge in [0.05, 0.1) is 36.3 Å². The number of rotatable bonds is 9. The first-order chi connectivity index (χ1) is 31.1. The first kappa shape index (κ1) is 46.7. The molecule has 3 unspecified atom stereocenters. The molecule has 0 saturated carbocycles. The molecule has 1 spiro atoms. The van der Waals surface area contributed by atoms with Crippen molar-refractivity contribution < 1.29 is 38.4 Å². The third-order valence-electron chi connectivity index (χ3n) is 14.0. The van der Waals surface area contributed by atoms with Crippen LogP contribution in [-0.4, -0.2) is 119 Å². The van der Waals surface area contributed by atoms with Crippen LogP contribution in [0.3, 0.4) is 0 Å². The van der Waals surface area contributed by atoms with Gasteiger partial charge in [0.1, 0.15) is 23.9 Å². The fourth-order valence-electron chi connectivity index (χ4n) is 10.6. The summed E-state index contributed by atoms with van der Waals surface area (Å²) >= 11 is 0. The number of hydrogen-bond donors (Lipinski definition) is 3. The Labute approximate surface area is 383 Å². The number of nitrogens with zero attached hydrogens (tertiary/aromatic N) is 4. The molecule has 14 nitrogen and oxygen atoms in total. The Bertz CT molecular complexity index is 2390. The van der Waals surface area contributed by atoms with Gasteiger partial charge in [-0.15, -0.1) is 0 Å². The number of esters is 1. The number of nitrogens with one attached hydrogen (secondary N) is 2. The Morgan fingerprint density at radius 1 is 1.08 bits per heavy atom. The van der Waals surface area contributed by atoms with Crippen molar-refractivity contribution in [2.24, 2.45) is 11.3 Å². The summed E-state index contributed by atoms with van der Waals surface area (Å²) in [5.74, 6) is -0.886. The number of pyridine rings is 1. The summed E-state index contributed by atoms with van der Waals surface area (Å²) in [7, 11) is 3.39. The molecule has 7 atom stereocenters. The van der Waals surface area contributed by atoms with E-state index in [4.69, 9.17) is 23.9 Å². The Kier molecular flexibility index (Phi) is 13.8. The fraction of sp³-hybridized carbons (Fsp3) is 0.569. The summed E-state index contributed by atoms with van der Waals surface area (Å²) in [4.78, 5) is 48.9. The van der Waals surface area contributed by atoms with Gasteiger partial charge in [-0.2, -0.15) is 0 Å². The van der Waals surface area contributed by atoms with Crippen LogP contribution in [0.5, 0.6) is 5.75 Å². The zero-order valence-electron chi connectivity index (χ0n) is 39.4. The van der Waals surface area contributed by atoms with Gasteiger partial charge >= 0.3 is 5.97 Å². The second-order valence-corrected chi connectivity index (χ2v) is 19.9. The number of ether oxygens (including phenoxy) is 4. The normalized spacial score (nSPS) is 25.6. The Morgan fingerprint density at radius 3 is 2.63 bits per heavy atom. The van der Waals surface area contributed by atoms with E-state index in [1.54, 1.807) is 37.4 Å². The molecule has 4 aromatic rings. The van der Waals surface area contributed by atoms with Crippen molar-refractivity contribution in [2.75, 3.05) is 47.1 Å². The highest BCUT2D eigenvalue weighted by molar-refractivity contribution is 5.95. The first-order valence-corrected chi connectivity index (χ1v) is 23.6. The van der Waals surface area contributed by atoms with Crippen LogP contribution in [0.1, 0.15) is 96.6 Å². The average molecular weight is 893 g/mol. The lowest BCUT2D eigenvalue weighted by Gasteiger charge is -2.37. The number of hydrogen-bond acceptors (Lipinski definition) is 11. The number of amides is 2. The average Bonchev–Trinajstić information content (AvgIpc) is 4.01. The Morgan fingerprint density at radius 2 is 1.89 bits per heavy atom. The zero-order valence-corrected chi connectivity index (χ0v) is 39.4. The number of aromatic nitrogens is 2. The number of benzene rings is 2. The van der Waals surface area contributed by atoms with Crippen molar-refractivity contribution in [3.05, 3.63) is 71.5 Å². The molecule has 14 heteroatoms. The number of aryl methyl sites for hydroxylation is 1. The predicted molar refractivity (Wildman–Crippen MR) is 249 cm³/mol. The van der Waals surface area contributed by atoms with Gasteiger partial charge in [0, 0.05) is 80.9 Å². The second kappa shape index (κ2) is 19.2. The molecule has 3 saturated heterocycles. The minimum absolute atomic E-state index is 0.116. The van der Waals surface area contributed by atoms with Crippen molar-refractivity contribution in [2.45, 2.75) is 129 Å². The maximum absolute atomic E-state index is 14.6. The first-order valence-electron chi connectivity index (χ1n) is 23.6. The smallest absolute Gasteiger partial charge is 0.324 e. The molecule has 2 aromatic heterocycles. The number of likely N-dealkylation sites (N-methyl/N-ethyl adjacent to an activating group) is 1. The van der Waals surface area contributed by atoms with E-state index < -0.39 is 35.2 Å². The summed E-state index contributed by atoms with van der Waals surface area (Å²) < 4.78 is 26.3. The number of aromatic hydroxyl groups is 1. The molecule has 8 rings (SSSR count). The maximum atomic E-state index is 14.6. The SMILES string of the molecule is CCn1c(-c2cccnc2[C@H](C)OC)c2c3cc(ccc31)-c1cc(O)cc(c1)C[C@H](NC(=O)[C@H](C(C)C)N(C)C(=O)C1CCC3(CCOC3)O1)CN1CCC[C@H](N1)C(=O)OCC(C)(C)C2. The Hall–Kier alpha value is -4.86. The number of phenols is 1. The van der Waals surface area contributed by atoms with E-state index in [2.05, 4.69) is 66.4 Å². The van der Waals surface area contributed by atoms with Crippen LogP contribution in [0.2, 0.25) is 0 Å². The van der Waals surface area contributed by atoms with Gasteiger partial charge in [-0.05, 0) is 117 Å². The van der Waals surface area contributed by atoms with Gasteiger partial charge in [-0.3, -0.25) is 19.4 Å². The number of methoxy groups -OCH3 is 1. The molecule has 3 N–H and O–H groups in total. The highest BCUT2D eigenvalue weighted by Gasteiger charge is 2.47. The van der Waals surface area contributed by atoms with Crippen LogP contribution in [-0.2, 0) is 52.7 Å². The van der Waals surface area contributed by atoms with E-state index >= 15 is 0 Å². The van der Waals surface area contributed by atoms with Crippen LogP contribution in [0.25, 0.3) is 33.3 Å². The highest BCUT2D eigenvalue weighted by atomic mass is 16.6. The largest absolute Gasteiger partial charge is 0.508 e. The lowest BCUT2D eigenvalue weighted by atomic mass is 9.84. The quantitative estimate of drug-likeness (QED) is 0.153. The van der Waals surface area contributed by atoms with Crippen LogP contribution in [0.4, 0.5) is 0 Å². The molecular formula is C51H68N6O8. The monoisotopic (exact) mass is 893 g/mol. The van der Waals surface area contributed by atoms with Gasteiger partial charge in [-0.1, -0.05) is 39.8 Å². The molecule has 2 aromatic carbocycles. The number of phenolic OH excluding ortho intramolecular Hbond substituents is 1. The molecule has 2 amide bonds. The second-order valence-electron chi connectivity index (χ2n) is 19.9. The maximum Gasteiger partial charge on any atom is 0.324 e. The molecule has 0 radical (unpaired) electrons. The van der Waals surface area contributed by atoms with Crippen LogP contribution in [0.15, 0.2) is 54.7 Å². The molecule has 4 aliphatic rings. The van der Waals surface area contributed by atoms with Crippen LogP contribution in [0, 0.1) is 11.3 Å². The number of carbonyl (C=O) groups excluding carboxylic acids is 3. The third kappa shape index (κ3) is 9.83. The van der Waals surface area contributed by atoms with E-state index in [9.17, 15) is 19.5 Å². The number of cyclic esters (lactones) is 1. The molecule has 6 heterocycles. The van der Waals surface area contributed by atoms with Crippen molar-refractivity contribution in [3.8, 4) is 28.1 Å². The van der Waals surface area contributed by atoms with Crippen molar-refractivity contribution >= 4 is 28.7 Å². The zero-order chi connectivity index (χ0) is 46.2. The molecule has 0 aliphatic carbocycles. The lowest BCUT2D eigenvalue weighted by Crippen LogP contribution is -2.60. The van der Waals surface area contributed by atoms with Gasteiger partial charge in [0.2, 0.25) is 5.91 Å². The molecular weight excluding hydrogens is 825 g/mol. The molecule has 4 aliphatic heterocycles. The topological polar surface area (TPSA) is 157 Å². The Balaban J connectivity index is 1.17. The summed E-state index contributed by atoms with van der Waals surface area (Å²) in [6.45, 7) is 15.3. The van der Waals surface area contributed by atoms with Crippen LogP contribution < -0.4 is 10.7 Å². The van der Waals surface area contributed by atoms with Crippen molar-refractivity contribution in [1.82, 2.24) is 30.2 Å². The van der Waals surface area contributed by atoms with Gasteiger partial charge in [0.25, 0.3) is 5.91 Å². The molecule has 3 fully saturated rings. The number of carbonyl (C=O) groups is 3. The van der Waals surface area contributed by atoms with Gasteiger partial charge < -0.3 is 38.8 Å². The lowest BCUT2D eigenvalue weighted by molar-refractivity contribution is -0.153. The third-order valence-corrected chi connectivity index (χ3v) is 14.0. The molecule has 6 bridgehead atoms. The van der Waals surface area contributed by atoms with Crippen molar-refractivity contribution in [3.63, 3.8) is 0 Å². The fourth-order valence-corrected chi connectivity index (χ4v) is 10.6. The van der Waals surface area contributed by atoms with E-state index in [1.165, 1.54) is 0 Å². The minimum atomic E-state index is -0.766. The van der Waals surface area contributed by atoms with Gasteiger partial charge in [0.15, 0.2) is 0 Å². The number of hydrazine groups is 1. The van der Waals surface area contributed by atoms with E-state index in [0.717, 1.165) is 69.4 Å². The molecule has 350 valence electrons.